The quantitative estimate of drug-likeness (QED) is 0.316. The van der Waals surface area contributed by atoms with Crippen molar-refractivity contribution in [1.82, 2.24) is 0 Å². The maximum atomic E-state index is 11.4. The molecule has 0 aliphatic heterocycles. The van der Waals surface area contributed by atoms with E-state index in [1.807, 2.05) is 12.1 Å². The Morgan fingerprint density at radius 3 is 2.00 bits per heavy atom. The van der Waals surface area contributed by atoms with Gasteiger partial charge in [-0.15, -0.1) is 0 Å². The summed E-state index contributed by atoms with van der Waals surface area (Å²) in [7, 11) is 0. The van der Waals surface area contributed by atoms with E-state index in [0.29, 0.717) is 0 Å². The molecular formula is C26H38O2. The first-order chi connectivity index (χ1) is 13.7. The molecule has 0 radical (unpaired) electrons. The van der Waals surface area contributed by atoms with Crippen LogP contribution in [-0.2, 0) is 4.79 Å². The van der Waals surface area contributed by atoms with Gasteiger partial charge in [-0.2, -0.15) is 0 Å². The van der Waals surface area contributed by atoms with Crippen LogP contribution in [0.2, 0.25) is 0 Å². The van der Waals surface area contributed by atoms with E-state index in [4.69, 9.17) is 0 Å². The molecule has 0 aliphatic rings. The molecular weight excluding hydrogens is 344 g/mol. The van der Waals surface area contributed by atoms with Crippen molar-refractivity contribution >= 4 is 16.7 Å². The second-order valence-corrected chi connectivity index (χ2v) is 8.19. The zero-order chi connectivity index (χ0) is 20.0. The third-order valence-corrected chi connectivity index (χ3v) is 5.84. The molecule has 0 amide bonds. The summed E-state index contributed by atoms with van der Waals surface area (Å²) < 4.78 is 0. The van der Waals surface area contributed by atoms with Gasteiger partial charge >= 0.3 is 5.97 Å². The normalized spacial score (nSPS) is 12.3. The molecule has 0 saturated carbocycles. The average molecular weight is 383 g/mol. The van der Waals surface area contributed by atoms with E-state index in [1.54, 1.807) is 0 Å². The van der Waals surface area contributed by atoms with Gasteiger partial charge in [0.05, 0.1) is 6.42 Å². The molecule has 0 spiro atoms. The lowest BCUT2D eigenvalue weighted by Gasteiger charge is -2.18. The maximum Gasteiger partial charge on any atom is 0.303 e. The molecule has 154 valence electrons. The molecule has 2 aromatic carbocycles. The summed E-state index contributed by atoms with van der Waals surface area (Å²) >= 11 is 0. The highest BCUT2D eigenvalue weighted by atomic mass is 16.4. The van der Waals surface area contributed by atoms with E-state index in [0.717, 1.165) is 12.8 Å². The van der Waals surface area contributed by atoms with Crippen LogP contribution >= 0.6 is 0 Å². The summed E-state index contributed by atoms with van der Waals surface area (Å²) in [5, 5.41) is 11.8. The number of carbonyl (C=O) groups is 1. The van der Waals surface area contributed by atoms with E-state index in [-0.39, 0.29) is 12.3 Å². The minimum Gasteiger partial charge on any atom is -0.481 e. The van der Waals surface area contributed by atoms with Crippen molar-refractivity contribution in [2.45, 2.75) is 96.3 Å². The average Bonchev–Trinajstić information content (AvgIpc) is 2.70. The summed E-state index contributed by atoms with van der Waals surface area (Å²) in [6, 6.07) is 14.6. The number of aliphatic carboxylic acids is 1. The Bertz CT molecular complexity index is 686. The molecule has 28 heavy (non-hydrogen) atoms. The Balaban J connectivity index is 1.74. The number of unbranched alkanes of at least 4 members (excludes halogenated alkanes) is 10. The Kier molecular flexibility index (Phi) is 10.7. The molecule has 2 nitrogen and oxygen atoms in total. The fourth-order valence-corrected chi connectivity index (χ4v) is 4.24. The minimum atomic E-state index is -0.694. The first kappa shape index (κ1) is 22.5. The van der Waals surface area contributed by atoms with Crippen LogP contribution in [0.4, 0.5) is 0 Å². The topological polar surface area (TPSA) is 37.3 Å². The van der Waals surface area contributed by atoms with E-state index in [1.165, 1.54) is 80.5 Å². The lowest BCUT2D eigenvalue weighted by Crippen LogP contribution is -2.07. The summed E-state index contributed by atoms with van der Waals surface area (Å²) in [5.41, 5.74) is 1.20. The predicted octanol–water partition coefficient (Wildman–Crippen LogP) is 8.10. The highest BCUT2D eigenvalue weighted by molar-refractivity contribution is 5.86. The van der Waals surface area contributed by atoms with Gasteiger partial charge in [0.1, 0.15) is 0 Å². The van der Waals surface area contributed by atoms with Crippen molar-refractivity contribution < 1.29 is 9.90 Å². The van der Waals surface area contributed by atoms with Crippen molar-refractivity contribution in [2.24, 2.45) is 0 Å². The molecule has 0 bridgehead atoms. The van der Waals surface area contributed by atoms with Gasteiger partial charge in [0.2, 0.25) is 0 Å². The molecule has 2 aromatic rings. The van der Waals surface area contributed by atoms with Gasteiger partial charge in [-0.25, -0.2) is 0 Å². The first-order valence-electron chi connectivity index (χ1n) is 11.4. The second kappa shape index (κ2) is 13.4. The first-order valence-corrected chi connectivity index (χ1v) is 11.4. The number of benzene rings is 2. The summed E-state index contributed by atoms with van der Waals surface area (Å²) in [6.45, 7) is 2.27. The molecule has 2 rings (SSSR count). The van der Waals surface area contributed by atoms with Gasteiger partial charge in [0.25, 0.3) is 0 Å². The van der Waals surface area contributed by atoms with Gasteiger partial charge in [-0.3, -0.25) is 4.79 Å². The van der Waals surface area contributed by atoms with Crippen LogP contribution in [-0.4, -0.2) is 11.1 Å². The zero-order valence-electron chi connectivity index (χ0n) is 17.7. The summed E-state index contributed by atoms with van der Waals surface area (Å²) in [4.78, 5) is 11.4. The molecule has 2 heteroatoms. The number of carboxylic acids is 1. The maximum absolute atomic E-state index is 11.4. The highest BCUT2D eigenvalue weighted by Gasteiger charge is 2.17. The molecule has 0 unspecified atom stereocenters. The predicted molar refractivity (Wildman–Crippen MR) is 120 cm³/mol. The molecule has 0 aromatic heterocycles. The number of hydrogen-bond acceptors (Lipinski definition) is 1. The Labute approximate surface area is 171 Å². The lowest BCUT2D eigenvalue weighted by atomic mass is 9.87. The van der Waals surface area contributed by atoms with Crippen LogP contribution < -0.4 is 0 Å². The van der Waals surface area contributed by atoms with Crippen LogP contribution in [0, 0.1) is 0 Å². The fourth-order valence-electron chi connectivity index (χ4n) is 4.24. The van der Waals surface area contributed by atoms with E-state index >= 15 is 0 Å². The van der Waals surface area contributed by atoms with Gasteiger partial charge in [-0.1, -0.05) is 120 Å². The standard InChI is InChI=1S/C26H38O2/c1-2-3-4-5-6-7-8-9-10-11-12-17-23(21-26(27)28)25-20-15-18-22-16-13-14-19-24(22)25/h13-16,18-20,23H,2-12,17,21H2,1H3,(H,27,28)/t23-/m0/s1. The minimum absolute atomic E-state index is 0.113. The van der Waals surface area contributed by atoms with E-state index < -0.39 is 5.97 Å². The number of carboxylic acid groups (broad SMARTS) is 1. The van der Waals surface area contributed by atoms with Gasteiger partial charge in [-0.05, 0) is 28.7 Å². The number of fused-ring (bicyclic) bond motifs is 1. The largest absolute Gasteiger partial charge is 0.481 e. The second-order valence-electron chi connectivity index (χ2n) is 8.19. The fraction of sp³-hybridized carbons (Fsp3) is 0.577. The third kappa shape index (κ3) is 8.04. The molecule has 0 fully saturated rings. The van der Waals surface area contributed by atoms with Crippen LogP contribution in [0.1, 0.15) is 102 Å². The SMILES string of the molecule is CCCCCCCCCCCCC[C@@H](CC(=O)O)c1cccc2ccccc12. The molecule has 0 saturated heterocycles. The van der Waals surface area contributed by atoms with Gasteiger partial charge in [0.15, 0.2) is 0 Å². The van der Waals surface area contributed by atoms with Crippen molar-refractivity contribution in [1.29, 1.82) is 0 Å². The zero-order valence-corrected chi connectivity index (χ0v) is 17.7. The molecule has 1 atom stereocenters. The molecule has 0 heterocycles. The number of rotatable bonds is 15. The third-order valence-electron chi connectivity index (χ3n) is 5.84. The van der Waals surface area contributed by atoms with Crippen LogP contribution in [0.25, 0.3) is 10.8 Å². The van der Waals surface area contributed by atoms with Gasteiger partial charge in [0, 0.05) is 0 Å². The van der Waals surface area contributed by atoms with Crippen molar-refractivity contribution in [3.63, 3.8) is 0 Å². The van der Waals surface area contributed by atoms with E-state index in [9.17, 15) is 9.90 Å². The lowest BCUT2D eigenvalue weighted by molar-refractivity contribution is -0.137. The smallest absolute Gasteiger partial charge is 0.303 e. The highest BCUT2D eigenvalue weighted by Crippen LogP contribution is 2.32. The summed E-state index contributed by atoms with van der Waals surface area (Å²) in [5.74, 6) is -0.580. The Hall–Kier alpha value is -1.83. The van der Waals surface area contributed by atoms with Crippen molar-refractivity contribution in [2.75, 3.05) is 0 Å². The molecule has 0 aliphatic carbocycles. The van der Waals surface area contributed by atoms with Crippen molar-refractivity contribution in [3.05, 3.63) is 48.0 Å². The van der Waals surface area contributed by atoms with Crippen molar-refractivity contribution in [3.8, 4) is 0 Å². The van der Waals surface area contributed by atoms with Gasteiger partial charge < -0.3 is 5.11 Å². The van der Waals surface area contributed by atoms with Crippen LogP contribution in [0.5, 0.6) is 0 Å². The Morgan fingerprint density at radius 2 is 1.36 bits per heavy atom. The Morgan fingerprint density at radius 1 is 0.786 bits per heavy atom. The van der Waals surface area contributed by atoms with Crippen LogP contribution in [0.15, 0.2) is 42.5 Å². The monoisotopic (exact) mass is 382 g/mol. The molecule has 1 N–H and O–H groups in total. The van der Waals surface area contributed by atoms with E-state index in [2.05, 4.69) is 37.3 Å². The van der Waals surface area contributed by atoms with Crippen LogP contribution in [0.3, 0.4) is 0 Å². The summed E-state index contributed by atoms with van der Waals surface area (Å²) in [6.07, 6.45) is 15.8. The number of hydrogen-bond donors (Lipinski definition) is 1.